The van der Waals surface area contributed by atoms with Crippen molar-refractivity contribution in [3.63, 3.8) is 0 Å². The van der Waals surface area contributed by atoms with E-state index in [0.717, 1.165) is 51.9 Å². The summed E-state index contributed by atoms with van der Waals surface area (Å²) in [6.07, 6.45) is 3.79. The maximum absolute atomic E-state index is 5.45. The molecule has 1 heterocycles. The van der Waals surface area contributed by atoms with Crippen molar-refractivity contribution < 1.29 is 4.74 Å². The van der Waals surface area contributed by atoms with Crippen LogP contribution in [0.3, 0.4) is 0 Å². The molecule has 2 N–H and O–H groups in total. The molecular weight excluding hydrogens is 372 g/mol. The first kappa shape index (κ1) is 20.9. The quantitative estimate of drug-likeness (QED) is 0.547. The van der Waals surface area contributed by atoms with Crippen LogP contribution in [0.1, 0.15) is 36.0 Å². The van der Waals surface area contributed by atoms with Gasteiger partial charge in [0.15, 0.2) is 5.96 Å². The molecule has 1 aliphatic carbocycles. The fourth-order valence-electron chi connectivity index (χ4n) is 4.48. The number of aliphatic imine (C=N–C) groups is 1. The van der Waals surface area contributed by atoms with Gasteiger partial charge in [0.05, 0.1) is 13.2 Å². The molecule has 0 spiro atoms. The number of hydrogen-bond donors (Lipinski definition) is 2. The lowest BCUT2D eigenvalue weighted by molar-refractivity contribution is 0.0342. The molecule has 30 heavy (non-hydrogen) atoms. The third-order valence-electron chi connectivity index (χ3n) is 6.48. The molecule has 0 unspecified atom stereocenters. The molecule has 2 aliphatic rings. The van der Waals surface area contributed by atoms with Crippen molar-refractivity contribution in [1.29, 1.82) is 0 Å². The number of nitrogens with one attached hydrogen (secondary N) is 2. The van der Waals surface area contributed by atoms with E-state index in [1.165, 1.54) is 36.0 Å². The van der Waals surface area contributed by atoms with Crippen LogP contribution in [0.25, 0.3) is 0 Å². The first-order chi connectivity index (χ1) is 14.8. The van der Waals surface area contributed by atoms with Crippen molar-refractivity contribution in [1.82, 2.24) is 15.5 Å². The molecule has 0 atom stereocenters. The van der Waals surface area contributed by atoms with E-state index in [0.29, 0.717) is 0 Å². The second kappa shape index (κ2) is 10.1. The summed E-state index contributed by atoms with van der Waals surface area (Å²) >= 11 is 0. The van der Waals surface area contributed by atoms with Gasteiger partial charge in [0.25, 0.3) is 0 Å². The van der Waals surface area contributed by atoms with Crippen LogP contribution in [0.4, 0.5) is 0 Å². The number of nitrogens with zero attached hydrogens (tertiary/aromatic N) is 2. The Hall–Kier alpha value is -2.37. The molecule has 2 fully saturated rings. The Balaban J connectivity index is 1.30. The van der Waals surface area contributed by atoms with Gasteiger partial charge >= 0.3 is 0 Å². The minimum atomic E-state index is 0.247. The highest BCUT2D eigenvalue weighted by atomic mass is 16.5. The van der Waals surface area contributed by atoms with Crippen molar-refractivity contribution >= 4 is 5.96 Å². The van der Waals surface area contributed by atoms with Gasteiger partial charge in [0, 0.05) is 45.2 Å². The first-order valence-corrected chi connectivity index (χ1v) is 11.2. The normalized spacial score (nSPS) is 19.2. The van der Waals surface area contributed by atoms with Crippen molar-refractivity contribution in [2.24, 2.45) is 4.99 Å². The third-order valence-corrected chi connectivity index (χ3v) is 6.48. The summed E-state index contributed by atoms with van der Waals surface area (Å²) < 4.78 is 5.45. The maximum Gasteiger partial charge on any atom is 0.191 e. The molecule has 2 aromatic rings. The minimum absolute atomic E-state index is 0.247. The lowest BCUT2D eigenvalue weighted by Gasteiger charge is -2.43. The van der Waals surface area contributed by atoms with Crippen LogP contribution < -0.4 is 10.6 Å². The fraction of sp³-hybridized carbons (Fsp3) is 0.480. The lowest BCUT2D eigenvalue weighted by Crippen LogP contribution is -2.48. The zero-order valence-electron chi connectivity index (χ0n) is 18.1. The summed E-state index contributed by atoms with van der Waals surface area (Å²) in [6, 6.07) is 19.8. The van der Waals surface area contributed by atoms with Gasteiger partial charge in [0.1, 0.15) is 0 Å². The second-order valence-corrected chi connectivity index (χ2v) is 8.49. The number of rotatable bonds is 7. The maximum atomic E-state index is 5.45. The first-order valence-electron chi connectivity index (χ1n) is 11.2. The standard InChI is InChI=1S/C25H34N4O/c1-26-24(28-20-25(11-6-12-25)23-9-3-2-4-10-23)27-18-21-7-5-8-22(17-21)19-29-13-15-30-16-14-29/h2-5,7-10,17H,6,11-16,18-20H2,1H3,(H2,26,27,28). The van der Waals surface area contributed by atoms with E-state index < -0.39 is 0 Å². The molecule has 160 valence electrons. The molecule has 2 aromatic carbocycles. The molecule has 5 nitrogen and oxygen atoms in total. The van der Waals surface area contributed by atoms with E-state index in [1.54, 1.807) is 0 Å². The van der Waals surface area contributed by atoms with Crippen LogP contribution in [0, 0.1) is 0 Å². The average molecular weight is 407 g/mol. The van der Waals surface area contributed by atoms with Gasteiger partial charge in [-0.2, -0.15) is 0 Å². The van der Waals surface area contributed by atoms with Crippen molar-refractivity contribution in [2.45, 2.75) is 37.8 Å². The Morgan fingerprint density at radius 3 is 2.47 bits per heavy atom. The van der Waals surface area contributed by atoms with Crippen molar-refractivity contribution in [3.05, 3.63) is 71.3 Å². The lowest BCUT2D eigenvalue weighted by atomic mass is 9.64. The monoisotopic (exact) mass is 406 g/mol. The summed E-state index contributed by atoms with van der Waals surface area (Å²) in [6.45, 7) is 6.40. The summed E-state index contributed by atoms with van der Waals surface area (Å²) in [5.41, 5.74) is 4.33. The minimum Gasteiger partial charge on any atom is -0.379 e. The zero-order chi connectivity index (χ0) is 20.7. The molecule has 0 amide bonds. The predicted octanol–water partition coefficient (Wildman–Crippen LogP) is 3.31. The Morgan fingerprint density at radius 1 is 1.00 bits per heavy atom. The summed E-state index contributed by atoms with van der Waals surface area (Å²) in [5.74, 6) is 0.871. The molecule has 4 rings (SSSR count). The van der Waals surface area contributed by atoms with Crippen molar-refractivity contribution in [3.8, 4) is 0 Å². The van der Waals surface area contributed by atoms with Crippen molar-refractivity contribution in [2.75, 3.05) is 39.9 Å². The number of ether oxygens (including phenoxy) is 1. The Bertz CT molecular complexity index is 826. The van der Waals surface area contributed by atoms with E-state index in [9.17, 15) is 0 Å². The number of guanidine groups is 1. The average Bonchev–Trinajstić information content (AvgIpc) is 2.77. The molecule has 1 saturated heterocycles. The summed E-state index contributed by atoms with van der Waals surface area (Å²) in [4.78, 5) is 6.90. The number of benzene rings is 2. The van der Waals surface area contributed by atoms with E-state index in [4.69, 9.17) is 4.74 Å². The van der Waals surface area contributed by atoms with Gasteiger partial charge in [-0.05, 0) is 29.5 Å². The molecule has 1 aliphatic heterocycles. The highest BCUT2D eigenvalue weighted by molar-refractivity contribution is 5.79. The molecule has 5 heteroatoms. The SMILES string of the molecule is CN=C(NCc1cccc(CN2CCOCC2)c1)NCC1(c2ccccc2)CCC1. The van der Waals surface area contributed by atoms with E-state index in [1.807, 2.05) is 7.05 Å². The smallest absolute Gasteiger partial charge is 0.191 e. The molecule has 0 radical (unpaired) electrons. The van der Waals surface area contributed by atoms with E-state index in [2.05, 4.69) is 75.1 Å². The topological polar surface area (TPSA) is 48.9 Å². The Labute approximate surface area is 180 Å². The van der Waals surface area contributed by atoms with Crippen LogP contribution in [-0.4, -0.2) is 50.8 Å². The number of hydrogen-bond acceptors (Lipinski definition) is 3. The largest absolute Gasteiger partial charge is 0.379 e. The summed E-state index contributed by atoms with van der Waals surface area (Å²) in [5, 5.41) is 7.07. The molecule has 0 aromatic heterocycles. The highest BCUT2D eigenvalue weighted by Crippen LogP contribution is 2.43. The van der Waals surface area contributed by atoms with E-state index >= 15 is 0 Å². The molecule has 0 bridgehead atoms. The van der Waals surface area contributed by atoms with Gasteiger partial charge in [0.2, 0.25) is 0 Å². The summed E-state index contributed by atoms with van der Waals surface area (Å²) in [7, 11) is 1.85. The Morgan fingerprint density at radius 2 is 1.77 bits per heavy atom. The van der Waals surface area contributed by atoms with Crippen LogP contribution in [0.15, 0.2) is 59.6 Å². The predicted molar refractivity (Wildman–Crippen MR) is 123 cm³/mol. The van der Waals surface area contributed by atoms with Gasteiger partial charge in [-0.3, -0.25) is 9.89 Å². The van der Waals surface area contributed by atoms with Crippen LogP contribution in [0.2, 0.25) is 0 Å². The van der Waals surface area contributed by atoms with Gasteiger partial charge < -0.3 is 15.4 Å². The Kier molecular flexibility index (Phi) is 7.03. The van der Waals surface area contributed by atoms with Gasteiger partial charge in [-0.25, -0.2) is 0 Å². The fourth-order valence-corrected chi connectivity index (χ4v) is 4.48. The number of morpholine rings is 1. The second-order valence-electron chi connectivity index (χ2n) is 8.49. The van der Waals surface area contributed by atoms with Crippen LogP contribution >= 0.6 is 0 Å². The molecule has 1 saturated carbocycles. The van der Waals surface area contributed by atoms with Gasteiger partial charge in [-0.1, -0.05) is 61.0 Å². The van der Waals surface area contributed by atoms with E-state index in [-0.39, 0.29) is 5.41 Å². The zero-order valence-corrected chi connectivity index (χ0v) is 18.1. The molecular formula is C25H34N4O. The van der Waals surface area contributed by atoms with Gasteiger partial charge in [-0.15, -0.1) is 0 Å². The van der Waals surface area contributed by atoms with Crippen LogP contribution in [-0.2, 0) is 23.2 Å². The third kappa shape index (κ3) is 5.21. The van der Waals surface area contributed by atoms with Crippen LogP contribution in [0.5, 0.6) is 0 Å². The highest BCUT2D eigenvalue weighted by Gasteiger charge is 2.38.